The molecule has 2 aliphatic heterocycles. The summed E-state index contributed by atoms with van der Waals surface area (Å²) in [6.45, 7) is 8.44. The van der Waals surface area contributed by atoms with Crippen LogP contribution in [0, 0.1) is 5.92 Å². The summed E-state index contributed by atoms with van der Waals surface area (Å²) in [5.41, 5.74) is 7.86. The second-order valence-corrected chi connectivity index (χ2v) is 12.1. The molecule has 240 valence electrons. The Bertz CT molecular complexity index is 1210. The van der Waals surface area contributed by atoms with Crippen molar-refractivity contribution in [2.45, 2.75) is 83.5 Å². The lowest BCUT2D eigenvalue weighted by Gasteiger charge is -2.52. The minimum Gasteiger partial charge on any atom is -0.481 e. The fourth-order valence-electron chi connectivity index (χ4n) is 5.79. The van der Waals surface area contributed by atoms with Gasteiger partial charge in [0.25, 0.3) is 5.97 Å². The number of nitrogens with one attached hydrogen (secondary N) is 1. The monoisotopic (exact) mass is 608 g/mol. The smallest absolute Gasteiger partial charge is 0.306 e. The highest BCUT2D eigenvalue weighted by Crippen LogP contribution is 2.34. The van der Waals surface area contributed by atoms with Gasteiger partial charge in [-0.05, 0) is 49.1 Å². The Labute approximate surface area is 260 Å². The maximum Gasteiger partial charge on any atom is 0.306 e. The fraction of sp³-hybridized carbons (Fsp3) is 0.529. The molecule has 10 heteroatoms. The molecule has 4 N–H and O–H groups in total. The van der Waals surface area contributed by atoms with Gasteiger partial charge in [0, 0.05) is 45.6 Å². The number of carbonyl (C=O) groups excluding carboxylic acids is 3. The number of nitrogens with two attached hydrogens (primary N) is 1. The van der Waals surface area contributed by atoms with Gasteiger partial charge in [-0.2, -0.15) is 0 Å². The van der Waals surface area contributed by atoms with Gasteiger partial charge in [0.2, 0.25) is 11.8 Å². The molecule has 0 radical (unpaired) electrons. The van der Waals surface area contributed by atoms with Crippen LogP contribution in [0.25, 0.3) is 0 Å². The molecule has 2 saturated heterocycles. The van der Waals surface area contributed by atoms with E-state index in [1.165, 1.54) is 5.56 Å². The van der Waals surface area contributed by atoms with Crippen molar-refractivity contribution in [3.05, 3.63) is 71.8 Å². The van der Waals surface area contributed by atoms with Crippen LogP contribution in [0.15, 0.2) is 60.7 Å². The predicted molar refractivity (Wildman–Crippen MR) is 168 cm³/mol. The number of aliphatic carboxylic acids is 1. The molecule has 0 aliphatic carbocycles. The number of likely N-dealkylation sites (tertiary alicyclic amines) is 1. The number of amides is 2. The Hall–Kier alpha value is -3.76. The maximum atomic E-state index is 13.8. The molecule has 2 fully saturated rings. The molecule has 2 amide bonds. The minimum atomic E-state index is -0.833. The van der Waals surface area contributed by atoms with Crippen molar-refractivity contribution >= 4 is 23.8 Å². The first-order chi connectivity index (χ1) is 21.0. The predicted octanol–water partition coefficient (Wildman–Crippen LogP) is 3.38. The molecule has 2 aromatic carbocycles. The van der Waals surface area contributed by atoms with Crippen molar-refractivity contribution < 1.29 is 29.0 Å². The summed E-state index contributed by atoms with van der Waals surface area (Å²) in [5.74, 6) is -1.11. The number of esters is 1. The van der Waals surface area contributed by atoms with Gasteiger partial charge in [0.05, 0.1) is 0 Å². The Morgan fingerprint density at radius 3 is 2.16 bits per heavy atom. The van der Waals surface area contributed by atoms with Crippen molar-refractivity contribution in [2.24, 2.45) is 11.7 Å². The second kappa shape index (κ2) is 16.9. The molecule has 2 heterocycles. The summed E-state index contributed by atoms with van der Waals surface area (Å²) in [4.78, 5) is 52.9. The second-order valence-electron chi connectivity index (χ2n) is 12.1. The number of carbonyl (C=O) groups is 4. The van der Waals surface area contributed by atoms with Crippen molar-refractivity contribution in [1.29, 1.82) is 0 Å². The molecular weight excluding hydrogens is 560 g/mol. The van der Waals surface area contributed by atoms with E-state index in [1.807, 2.05) is 41.3 Å². The number of ether oxygens (including phenoxy) is 1. The topological polar surface area (TPSA) is 142 Å². The average Bonchev–Trinajstić information content (AvgIpc) is 3.00. The maximum absolute atomic E-state index is 13.8. The Kier molecular flexibility index (Phi) is 13.4. The molecule has 2 atom stereocenters. The quantitative estimate of drug-likeness (QED) is 0.312. The zero-order valence-electron chi connectivity index (χ0n) is 26.2. The molecule has 0 aromatic heterocycles. The van der Waals surface area contributed by atoms with Crippen molar-refractivity contribution in [3.63, 3.8) is 0 Å². The van der Waals surface area contributed by atoms with Gasteiger partial charge in [-0.1, -0.05) is 74.5 Å². The molecule has 4 rings (SSSR count). The number of piperidine rings is 1. The number of benzene rings is 2. The lowest BCUT2D eigenvalue weighted by Crippen LogP contribution is -2.75. The van der Waals surface area contributed by atoms with E-state index < -0.39 is 23.6 Å². The molecule has 2 aromatic rings. The van der Waals surface area contributed by atoms with Crippen molar-refractivity contribution in [2.75, 3.05) is 26.2 Å². The van der Waals surface area contributed by atoms with Crippen molar-refractivity contribution in [1.82, 2.24) is 15.1 Å². The number of carboxylic acid groups (broad SMARTS) is 1. The SMILES string of the molecule is CC(=O)O.CC(C)CN1C(=O)[C@H](C(N)CCCC(=O)OCc2ccccc2)NC(=O)C12CCN(CCc1ccccc1)CC2. The van der Waals surface area contributed by atoms with Crippen molar-refractivity contribution in [3.8, 4) is 0 Å². The van der Waals surface area contributed by atoms with Crippen LogP contribution in [0.1, 0.15) is 64.0 Å². The summed E-state index contributed by atoms with van der Waals surface area (Å²) in [6.07, 6.45) is 3.33. The van der Waals surface area contributed by atoms with Gasteiger partial charge >= 0.3 is 5.97 Å². The van der Waals surface area contributed by atoms with Crippen LogP contribution in [0.5, 0.6) is 0 Å². The van der Waals surface area contributed by atoms with Crippen LogP contribution in [0.3, 0.4) is 0 Å². The van der Waals surface area contributed by atoms with Crippen LogP contribution < -0.4 is 11.1 Å². The number of hydrogen-bond donors (Lipinski definition) is 3. The number of piperazine rings is 1. The van der Waals surface area contributed by atoms with E-state index >= 15 is 0 Å². The Morgan fingerprint density at radius 1 is 1.02 bits per heavy atom. The van der Waals surface area contributed by atoms with Crippen LogP contribution in [0.4, 0.5) is 0 Å². The Balaban J connectivity index is 0.00000124. The highest BCUT2D eigenvalue weighted by atomic mass is 16.5. The molecule has 1 unspecified atom stereocenters. The largest absolute Gasteiger partial charge is 0.481 e. The summed E-state index contributed by atoms with van der Waals surface area (Å²) >= 11 is 0. The molecule has 10 nitrogen and oxygen atoms in total. The fourth-order valence-corrected chi connectivity index (χ4v) is 5.79. The van der Waals surface area contributed by atoms with E-state index in [0.717, 1.165) is 38.5 Å². The van der Waals surface area contributed by atoms with Gasteiger partial charge in [-0.3, -0.25) is 19.2 Å². The van der Waals surface area contributed by atoms with Gasteiger partial charge in [-0.25, -0.2) is 0 Å². The van der Waals surface area contributed by atoms with Gasteiger partial charge in [0.1, 0.15) is 18.2 Å². The van der Waals surface area contributed by atoms with E-state index in [2.05, 4.69) is 48.3 Å². The van der Waals surface area contributed by atoms with Gasteiger partial charge in [0.15, 0.2) is 0 Å². The molecule has 0 bridgehead atoms. The third kappa shape index (κ3) is 10.2. The van der Waals surface area contributed by atoms with E-state index in [-0.39, 0.29) is 36.7 Å². The first kappa shape index (κ1) is 34.7. The van der Waals surface area contributed by atoms with Crippen LogP contribution in [0.2, 0.25) is 0 Å². The average molecular weight is 609 g/mol. The van der Waals surface area contributed by atoms with E-state index in [4.69, 9.17) is 20.4 Å². The van der Waals surface area contributed by atoms with E-state index in [1.54, 1.807) is 0 Å². The lowest BCUT2D eigenvalue weighted by atomic mass is 9.80. The van der Waals surface area contributed by atoms with Gasteiger partial charge in [-0.15, -0.1) is 0 Å². The molecular formula is C34H48N4O6. The van der Waals surface area contributed by atoms with Crippen LogP contribution >= 0.6 is 0 Å². The number of rotatable bonds is 12. The standard InChI is InChI=1S/C32H44N4O4.C2H4O2/c1-24(2)22-36-30(38)29(27(33)14-9-15-28(37)40-23-26-12-7-4-8-13-26)34-31(39)32(36)17-20-35(21-18-32)19-16-25-10-5-3-6-11-25;1-2(3)4/h3-8,10-13,24,27,29H,9,14-23,33H2,1-2H3,(H,34,39);1H3,(H,3,4)/t27?,29-;/m0./s1. The van der Waals surface area contributed by atoms with E-state index in [0.29, 0.717) is 32.2 Å². The number of carboxylic acids is 1. The molecule has 0 saturated carbocycles. The third-order valence-corrected chi connectivity index (χ3v) is 8.14. The highest BCUT2D eigenvalue weighted by molar-refractivity contribution is 6.00. The molecule has 44 heavy (non-hydrogen) atoms. The first-order valence-corrected chi connectivity index (χ1v) is 15.5. The summed E-state index contributed by atoms with van der Waals surface area (Å²) in [5, 5.41) is 10.4. The zero-order chi connectivity index (χ0) is 32.1. The summed E-state index contributed by atoms with van der Waals surface area (Å²) < 4.78 is 5.35. The van der Waals surface area contributed by atoms with Crippen LogP contribution in [-0.4, -0.2) is 82.5 Å². The minimum absolute atomic E-state index is 0.0989. The van der Waals surface area contributed by atoms with Crippen LogP contribution in [-0.2, 0) is 36.9 Å². The molecule has 1 spiro atoms. The third-order valence-electron chi connectivity index (χ3n) is 8.14. The Morgan fingerprint density at radius 2 is 1.59 bits per heavy atom. The molecule has 2 aliphatic rings. The summed E-state index contributed by atoms with van der Waals surface area (Å²) in [7, 11) is 0. The number of hydrogen-bond acceptors (Lipinski definition) is 7. The number of nitrogens with zero attached hydrogens (tertiary/aromatic N) is 2. The van der Waals surface area contributed by atoms with Gasteiger partial charge < -0.3 is 30.7 Å². The summed E-state index contributed by atoms with van der Waals surface area (Å²) in [6, 6.07) is 18.6. The lowest BCUT2D eigenvalue weighted by molar-refractivity contribution is -0.162. The normalized spacial score (nSPS) is 18.8. The zero-order valence-corrected chi connectivity index (χ0v) is 26.2. The van der Waals surface area contributed by atoms with E-state index in [9.17, 15) is 14.4 Å². The highest BCUT2D eigenvalue weighted by Gasteiger charge is 2.54. The first-order valence-electron chi connectivity index (χ1n) is 15.5.